The van der Waals surface area contributed by atoms with E-state index in [0.717, 1.165) is 11.3 Å². The van der Waals surface area contributed by atoms with Gasteiger partial charge in [0.25, 0.3) is 10.0 Å². The first-order chi connectivity index (χ1) is 9.70. The number of amides is 1. The lowest BCUT2D eigenvalue weighted by Crippen LogP contribution is -2.13. The van der Waals surface area contributed by atoms with Gasteiger partial charge in [-0.25, -0.2) is 8.42 Å². The van der Waals surface area contributed by atoms with Crippen LogP contribution in [0.15, 0.2) is 32.3 Å². The number of thiophene rings is 1. The number of nitrogens with two attached hydrogens (primary N) is 1. The molecule has 112 valence electrons. The number of halogens is 3. The van der Waals surface area contributed by atoms with Gasteiger partial charge in [0, 0.05) is 0 Å². The molecule has 0 saturated heterocycles. The average Bonchev–Trinajstić information content (AvgIpc) is 2.69. The maximum absolute atomic E-state index is 12.2. The van der Waals surface area contributed by atoms with E-state index in [9.17, 15) is 13.2 Å². The highest BCUT2D eigenvalue weighted by Crippen LogP contribution is 2.35. The fraction of sp³-hybridized carbons (Fsp3) is 0. The third-order valence-corrected chi connectivity index (χ3v) is 7.02. The largest absolute Gasteiger partial charge is 0.366 e. The van der Waals surface area contributed by atoms with E-state index in [1.54, 1.807) is 0 Å². The number of rotatable bonds is 4. The summed E-state index contributed by atoms with van der Waals surface area (Å²) >= 11 is 15.8. The second-order valence-electron chi connectivity index (χ2n) is 3.85. The van der Waals surface area contributed by atoms with Crippen LogP contribution in [0.1, 0.15) is 10.4 Å². The summed E-state index contributed by atoms with van der Waals surface area (Å²) in [6.07, 6.45) is 0. The maximum Gasteiger partial charge on any atom is 0.271 e. The minimum atomic E-state index is -3.79. The fourth-order valence-electron chi connectivity index (χ4n) is 1.44. The molecular weight excluding hydrogens is 423 g/mol. The number of carbonyl (C=O) groups excluding carboxylic acids is 1. The predicted molar refractivity (Wildman–Crippen MR) is 87.8 cm³/mol. The normalized spacial score (nSPS) is 11.4. The molecule has 3 N–H and O–H groups in total. The second-order valence-corrected chi connectivity index (χ2v) is 8.95. The van der Waals surface area contributed by atoms with Gasteiger partial charge >= 0.3 is 0 Å². The summed E-state index contributed by atoms with van der Waals surface area (Å²) in [7, 11) is -3.79. The van der Waals surface area contributed by atoms with Crippen LogP contribution < -0.4 is 10.5 Å². The Morgan fingerprint density at radius 2 is 1.90 bits per heavy atom. The Hall–Kier alpha value is -0.800. The smallest absolute Gasteiger partial charge is 0.271 e. The SMILES string of the molecule is NC(=O)c1ccc(NS(=O)(=O)c2cc(Cl)c(Br)s2)cc1Cl. The van der Waals surface area contributed by atoms with E-state index >= 15 is 0 Å². The summed E-state index contributed by atoms with van der Waals surface area (Å²) in [6, 6.07) is 5.38. The van der Waals surface area contributed by atoms with Gasteiger partial charge in [-0.15, -0.1) is 11.3 Å². The number of benzene rings is 1. The van der Waals surface area contributed by atoms with Crippen molar-refractivity contribution in [2.75, 3.05) is 4.72 Å². The molecule has 21 heavy (non-hydrogen) atoms. The molecule has 0 bridgehead atoms. The number of nitrogens with one attached hydrogen (secondary N) is 1. The lowest BCUT2D eigenvalue weighted by atomic mass is 10.2. The van der Waals surface area contributed by atoms with Crippen LogP contribution in [-0.2, 0) is 10.0 Å². The van der Waals surface area contributed by atoms with Crippen LogP contribution in [0.2, 0.25) is 10.0 Å². The summed E-state index contributed by atoms with van der Waals surface area (Å²) in [6.45, 7) is 0. The Morgan fingerprint density at radius 1 is 1.24 bits per heavy atom. The van der Waals surface area contributed by atoms with Gasteiger partial charge in [0.15, 0.2) is 0 Å². The number of primary amides is 1. The highest BCUT2D eigenvalue weighted by molar-refractivity contribution is 9.11. The molecule has 10 heteroatoms. The van der Waals surface area contributed by atoms with E-state index in [1.807, 2.05) is 0 Å². The van der Waals surface area contributed by atoms with Gasteiger partial charge in [-0.3, -0.25) is 9.52 Å². The Bertz CT molecular complexity index is 801. The quantitative estimate of drug-likeness (QED) is 0.775. The summed E-state index contributed by atoms with van der Waals surface area (Å²) in [5, 5.41) is 0.371. The summed E-state index contributed by atoms with van der Waals surface area (Å²) < 4.78 is 27.3. The Balaban J connectivity index is 2.33. The first-order valence-electron chi connectivity index (χ1n) is 5.27. The van der Waals surface area contributed by atoms with Gasteiger partial charge in [0.1, 0.15) is 4.21 Å². The van der Waals surface area contributed by atoms with Crippen LogP contribution >= 0.6 is 50.5 Å². The Labute approximate surface area is 143 Å². The van der Waals surface area contributed by atoms with Gasteiger partial charge in [-0.2, -0.15) is 0 Å². The molecule has 1 aromatic carbocycles. The molecule has 0 aliphatic heterocycles. The number of hydrogen-bond acceptors (Lipinski definition) is 4. The predicted octanol–water partition coefficient (Wildman–Crippen LogP) is 3.72. The third kappa shape index (κ3) is 3.70. The highest BCUT2D eigenvalue weighted by atomic mass is 79.9. The lowest BCUT2D eigenvalue weighted by molar-refractivity contribution is 0.100. The zero-order valence-electron chi connectivity index (χ0n) is 10.1. The van der Waals surface area contributed by atoms with E-state index in [2.05, 4.69) is 20.7 Å². The second kappa shape index (κ2) is 6.13. The van der Waals surface area contributed by atoms with Gasteiger partial charge < -0.3 is 5.73 Å². The number of anilines is 1. The number of sulfonamides is 1. The third-order valence-electron chi connectivity index (χ3n) is 2.37. The Kier molecular flexibility index (Phi) is 4.84. The summed E-state index contributed by atoms with van der Waals surface area (Å²) in [4.78, 5) is 11.1. The van der Waals surface area contributed by atoms with Crippen LogP contribution in [0.5, 0.6) is 0 Å². The van der Waals surface area contributed by atoms with Gasteiger partial charge in [-0.1, -0.05) is 23.2 Å². The van der Waals surface area contributed by atoms with Crippen molar-refractivity contribution in [1.29, 1.82) is 0 Å². The van der Waals surface area contributed by atoms with E-state index in [0.29, 0.717) is 8.81 Å². The zero-order valence-corrected chi connectivity index (χ0v) is 14.8. The lowest BCUT2D eigenvalue weighted by Gasteiger charge is -2.08. The van der Waals surface area contributed by atoms with Crippen molar-refractivity contribution in [3.05, 3.63) is 43.7 Å². The molecule has 2 rings (SSSR count). The molecule has 0 atom stereocenters. The van der Waals surface area contributed by atoms with Crippen molar-refractivity contribution in [3.63, 3.8) is 0 Å². The molecule has 0 fully saturated rings. The van der Waals surface area contributed by atoms with Crippen molar-refractivity contribution >= 4 is 72.1 Å². The average molecular weight is 430 g/mol. The molecule has 1 amide bonds. The van der Waals surface area contributed by atoms with E-state index in [1.165, 1.54) is 24.3 Å². The summed E-state index contributed by atoms with van der Waals surface area (Å²) in [5.74, 6) is -0.691. The fourth-order valence-corrected chi connectivity index (χ4v) is 5.16. The molecule has 0 aliphatic carbocycles. The molecule has 0 unspecified atom stereocenters. The van der Waals surface area contributed by atoms with E-state index in [4.69, 9.17) is 28.9 Å². The topological polar surface area (TPSA) is 89.3 Å². The molecule has 0 radical (unpaired) electrons. The molecule has 0 saturated carbocycles. The Morgan fingerprint density at radius 3 is 2.38 bits per heavy atom. The zero-order chi connectivity index (χ0) is 15.8. The monoisotopic (exact) mass is 428 g/mol. The van der Waals surface area contributed by atoms with Crippen molar-refractivity contribution in [3.8, 4) is 0 Å². The molecule has 1 aromatic heterocycles. The van der Waals surface area contributed by atoms with Crippen LogP contribution in [-0.4, -0.2) is 14.3 Å². The van der Waals surface area contributed by atoms with Crippen LogP contribution in [0.4, 0.5) is 5.69 Å². The molecule has 2 aromatic rings. The van der Waals surface area contributed by atoms with E-state index in [-0.39, 0.29) is 20.5 Å². The van der Waals surface area contributed by atoms with Crippen molar-refractivity contribution in [1.82, 2.24) is 0 Å². The molecular formula is C11H7BrCl2N2O3S2. The number of carbonyl (C=O) groups is 1. The number of hydrogen-bond donors (Lipinski definition) is 2. The van der Waals surface area contributed by atoms with Crippen molar-refractivity contribution < 1.29 is 13.2 Å². The highest BCUT2D eigenvalue weighted by Gasteiger charge is 2.19. The standard InChI is InChI=1S/C11H7BrCl2N2O3S2/c12-10-8(14)4-9(20-10)21(18,19)16-5-1-2-6(11(15)17)7(13)3-5/h1-4,16H,(H2,15,17). The van der Waals surface area contributed by atoms with Crippen molar-refractivity contribution in [2.45, 2.75) is 4.21 Å². The first-order valence-corrected chi connectivity index (χ1v) is 9.12. The molecule has 1 heterocycles. The van der Waals surface area contributed by atoms with Crippen LogP contribution in [0.25, 0.3) is 0 Å². The van der Waals surface area contributed by atoms with Gasteiger partial charge in [0.2, 0.25) is 5.91 Å². The van der Waals surface area contributed by atoms with Gasteiger partial charge in [-0.05, 0) is 40.2 Å². The summed E-state index contributed by atoms with van der Waals surface area (Å²) in [5.41, 5.74) is 5.45. The first kappa shape index (κ1) is 16.6. The minimum absolute atomic E-state index is 0.0504. The van der Waals surface area contributed by atoms with Crippen molar-refractivity contribution in [2.24, 2.45) is 5.73 Å². The van der Waals surface area contributed by atoms with Gasteiger partial charge in [0.05, 0.1) is 25.1 Å². The molecule has 0 aliphatic rings. The van der Waals surface area contributed by atoms with Crippen LogP contribution in [0, 0.1) is 0 Å². The van der Waals surface area contributed by atoms with E-state index < -0.39 is 15.9 Å². The minimum Gasteiger partial charge on any atom is -0.366 e. The maximum atomic E-state index is 12.2. The molecule has 5 nitrogen and oxygen atoms in total. The van der Waals surface area contributed by atoms with Crippen LogP contribution in [0.3, 0.4) is 0 Å². The molecule has 0 spiro atoms.